The summed E-state index contributed by atoms with van der Waals surface area (Å²) in [5, 5.41) is 11.3. The zero-order valence-corrected chi connectivity index (χ0v) is 23.9. The highest BCUT2D eigenvalue weighted by atomic mass is 19.1. The van der Waals surface area contributed by atoms with Gasteiger partial charge in [-0.1, -0.05) is 30.3 Å². The van der Waals surface area contributed by atoms with E-state index in [4.69, 9.17) is 9.47 Å². The maximum Gasteiger partial charge on any atom is 0.126 e. The van der Waals surface area contributed by atoms with Crippen LogP contribution in [0.5, 0.6) is 5.75 Å². The number of alkyl halides is 1. The zero-order chi connectivity index (χ0) is 27.8. The molecule has 2 aromatic carbocycles. The van der Waals surface area contributed by atoms with Crippen LogP contribution in [0.4, 0.5) is 4.39 Å². The maximum atomic E-state index is 16.4. The number of piperidine rings is 1. The second-order valence-electron chi connectivity index (χ2n) is 11.6. The van der Waals surface area contributed by atoms with Crippen LogP contribution in [0.25, 0.3) is 10.9 Å². The molecule has 1 unspecified atom stereocenters. The molecule has 2 aliphatic rings. The second kappa shape index (κ2) is 13.9. The molecule has 2 saturated heterocycles. The molecule has 0 radical (unpaired) electrons. The van der Waals surface area contributed by atoms with Crippen molar-refractivity contribution in [2.45, 2.75) is 51.2 Å². The number of benzene rings is 2. The van der Waals surface area contributed by atoms with Crippen LogP contribution in [0.3, 0.4) is 0 Å². The van der Waals surface area contributed by atoms with E-state index < -0.39 is 6.17 Å². The number of pyridine rings is 1. The number of nitrogens with zero attached hydrogens (tertiary/aromatic N) is 3. The van der Waals surface area contributed by atoms with E-state index in [2.05, 4.69) is 45.1 Å². The summed E-state index contributed by atoms with van der Waals surface area (Å²) in [6.45, 7) is 6.83. The Hall–Kier alpha value is -2.58. The van der Waals surface area contributed by atoms with Crippen LogP contribution in [-0.2, 0) is 17.7 Å². The summed E-state index contributed by atoms with van der Waals surface area (Å²) in [6.07, 6.45) is 5.81. The Morgan fingerprint density at radius 3 is 2.55 bits per heavy atom. The summed E-state index contributed by atoms with van der Waals surface area (Å²) in [6, 6.07) is 16.3. The van der Waals surface area contributed by atoms with Gasteiger partial charge in [-0.05, 0) is 92.9 Å². The number of aryl methyl sites for hydroxylation is 1. The molecule has 5 rings (SSSR count). The summed E-state index contributed by atoms with van der Waals surface area (Å²) in [5.41, 5.74) is 3.60. The number of aliphatic hydroxyl groups excluding tert-OH is 1. The molecule has 2 fully saturated rings. The van der Waals surface area contributed by atoms with Gasteiger partial charge in [0.25, 0.3) is 0 Å². The minimum atomic E-state index is -1.14. The van der Waals surface area contributed by atoms with E-state index in [0.717, 1.165) is 80.4 Å². The first-order chi connectivity index (χ1) is 19.6. The fraction of sp³-hybridized carbons (Fsp3) is 0.545. The number of halogens is 1. The van der Waals surface area contributed by atoms with E-state index >= 15 is 4.39 Å². The van der Waals surface area contributed by atoms with Crippen molar-refractivity contribution in [2.24, 2.45) is 5.41 Å². The molecule has 216 valence electrons. The molecule has 2 aliphatic heterocycles. The molecule has 40 heavy (non-hydrogen) atoms. The molecule has 6 nitrogen and oxygen atoms in total. The van der Waals surface area contributed by atoms with Gasteiger partial charge in [0.05, 0.1) is 25.8 Å². The lowest BCUT2D eigenvalue weighted by Gasteiger charge is -2.41. The van der Waals surface area contributed by atoms with Gasteiger partial charge in [-0.2, -0.15) is 0 Å². The van der Waals surface area contributed by atoms with Crippen molar-refractivity contribution in [3.8, 4) is 5.75 Å². The van der Waals surface area contributed by atoms with Gasteiger partial charge in [-0.15, -0.1) is 0 Å². The lowest BCUT2D eigenvalue weighted by Crippen LogP contribution is -2.42. The average molecular weight is 550 g/mol. The number of ether oxygens (including phenoxy) is 2. The minimum Gasteiger partial charge on any atom is -0.497 e. The Labute approximate surface area is 238 Å². The summed E-state index contributed by atoms with van der Waals surface area (Å²) < 4.78 is 27.4. The Morgan fingerprint density at radius 2 is 1.82 bits per heavy atom. The number of hydrogen-bond donors (Lipinski definition) is 1. The number of aliphatic hydroxyl groups is 1. The van der Waals surface area contributed by atoms with Crippen molar-refractivity contribution in [3.63, 3.8) is 0 Å². The van der Waals surface area contributed by atoms with Crippen molar-refractivity contribution in [2.75, 3.05) is 59.7 Å². The van der Waals surface area contributed by atoms with Crippen molar-refractivity contribution in [1.82, 2.24) is 14.8 Å². The first-order valence-corrected chi connectivity index (χ1v) is 14.9. The molecule has 3 aromatic rings. The third kappa shape index (κ3) is 7.19. The highest BCUT2D eigenvalue weighted by molar-refractivity contribution is 5.85. The van der Waals surface area contributed by atoms with E-state index in [0.29, 0.717) is 38.3 Å². The Balaban J connectivity index is 1.24. The van der Waals surface area contributed by atoms with E-state index in [-0.39, 0.29) is 12.0 Å². The molecule has 0 bridgehead atoms. The summed E-state index contributed by atoms with van der Waals surface area (Å²) in [7, 11) is 1.64. The van der Waals surface area contributed by atoms with Gasteiger partial charge in [0.15, 0.2) is 0 Å². The number of fused-ring (bicyclic) bond motifs is 1. The lowest BCUT2D eigenvalue weighted by molar-refractivity contribution is 0.0293. The maximum absolute atomic E-state index is 16.4. The molecule has 7 heteroatoms. The van der Waals surface area contributed by atoms with E-state index in [9.17, 15) is 5.11 Å². The number of likely N-dealkylation sites (tertiary alicyclic amines) is 1. The van der Waals surface area contributed by atoms with Gasteiger partial charge < -0.3 is 19.5 Å². The topological polar surface area (TPSA) is 58.1 Å². The molecule has 3 heterocycles. The third-order valence-electron chi connectivity index (χ3n) is 8.97. The highest BCUT2D eigenvalue weighted by Crippen LogP contribution is 2.41. The van der Waals surface area contributed by atoms with Crippen molar-refractivity contribution in [1.29, 1.82) is 0 Å². The van der Waals surface area contributed by atoms with Crippen LogP contribution in [0.15, 0.2) is 54.7 Å². The molecular weight excluding hydrogens is 505 g/mol. The highest BCUT2D eigenvalue weighted by Gasteiger charge is 2.35. The Morgan fingerprint density at radius 1 is 1.05 bits per heavy atom. The van der Waals surface area contributed by atoms with E-state index in [1.54, 1.807) is 7.11 Å². The van der Waals surface area contributed by atoms with Gasteiger partial charge in [-0.3, -0.25) is 9.88 Å². The van der Waals surface area contributed by atoms with Crippen LogP contribution in [0, 0.1) is 5.41 Å². The largest absolute Gasteiger partial charge is 0.497 e. The number of rotatable bonds is 12. The van der Waals surface area contributed by atoms with Crippen LogP contribution in [0.1, 0.15) is 55.0 Å². The van der Waals surface area contributed by atoms with Gasteiger partial charge in [0, 0.05) is 43.4 Å². The first-order valence-electron chi connectivity index (χ1n) is 14.9. The third-order valence-corrected chi connectivity index (χ3v) is 8.97. The quantitative estimate of drug-likeness (QED) is 0.319. The van der Waals surface area contributed by atoms with Gasteiger partial charge in [0.1, 0.15) is 11.9 Å². The molecule has 0 aliphatic carbocycles. The monoisotopic (exact) mass is 549 g/mol. The fourth-order valence-electron chi connectivity index (χ4n) is 6.32. The summed E-state index contributed by atoms with van der Waals surface area (Å²) >= 11 is 0. The number of aromatic nitrogens is 1. The van der Waals surface area contributed by atoms with Crippen LogP contribution in [-0.4, -0.2) is 79.5 Å². The molecule has 1 N–H and O–H groups in total. The van der Waals surface area contributed by atoms with Gasteiger partial charge in [0.2, 0.25) is 0 Å². The molecule has 1 atom stereocenters. The fourth-order valence-corrected chi connectivity index (χ4v) is 6.32. The molecule has 0 spiro atoms. The zero-order valence-electron chi connectivity index (χ0n) is 23.9. The van der Waals surface area contributed by atoms with Gasteiger partial charge >= 0.3 is 0 Å². The van der Waals surface area contributed by atoms with Crippen LogP contribution < -0.4 is 4.74 Å². The summed E-state index contributed by atoms with van der Waals surface area (Å²) in [4.78, 5) is 9.49. The van der Waals surface area contributed by atoms with E-state index in [1.807, 2.05) is 24.4 Å². The van der Waals surface area contributed by atoms with Crippen molar-refractivity contribution < 1.29 is 19.0 Å². The van der Waals surface area contributed by atoms with E-state index in [1.165, 1.54) is 5.56 Å². The molecular formula is C33H44FN3O3. The molecule has 0 amide bonds. The predicted octanol–water partition coefficient (Wildman–Crippen LogP) is 5.57. The Bertz CT molecular complexity index is 1210. The minimum absolute atomic E-state index is 0.114. The SMILES string of the molecule is COc1ccc2ncc(CN3CCOCC3)c(C(F)CCC3(CO)CCN(CCCc4ccccc4)CC3)c2c1. The number of methoxy groups -OCH3 is 1. The first kappa shape index (κ1) is 28.9. The lowest BCUT2D eigenvalue weighted by atomic mass is 9.74. The standard InChI is InChI=1S/C33H44FN3O3/c1-39-28-9-10-31-29(22-28)32(27(23-35-31)24-37-18-20-40-21-19-37)30(34)11-12-33(25-38)13-16-36(17-14-33)15-5-8-26-6-3-2-4-7-26/h2-4,6-7,9-10,22-23,30,38H,5,8,11-21,24-25H2,1H3. The number of hydrogen-bond acceptors (Lipinski definition) is 6. The van der Waals surface area contributed by atoms with Crippen molar-refractivity contribution in [3.05, 3.63) is 71.4 Å². The molecule has 0 saturated carbocycles. The van der Waals surface area contributed by atoms with Crippen LogP contribution >= 0.6 is 0 Å². The van der Waals surface area contributed by atoms with Gasteiger partial charge in [-0.25, -0.2) is 4.39 Å². The molecule has 1 aromatic heterocycles. The Kier molecular flexibility index (Phi) is 10.0. The summed E-state index contributed by atoms with van der Waals surface area (Å²) in [5.74, 6) is 0.706. The van der Waals surface area contributed by atoms with Crippen molar-refractivity contribution >= 4 is 10.9 Å². The second-order valence-corrected chi connectivity index (χ2v) is 11.6. The smallest absolute Gasteiger partial charge is 0.126 e. The predicted molar refractivity (Wildman–Crippen MR) is 157 cm³/mol. The normalized spacial score (nSPS) is 19.1. The average Bonchev–Trinajstić information content (AvgIpc) is 3.01. The van der Waals surface area contributed by atoms with Crippen LogP contribution in [0.2, 0.25) is 0 Å². The number of morpholine rings is 1.